The molecule has 0 unspecified atom stereocenters. The predicted octanol–water partition coefficient (Wildman–Crippen LogP) is 4.64. The first-order chi connectivity index (χ1) is 10.6. The molecule has 1 aromatic rings. The highest BCUT2D eigenvalue weighted by Gasteiger charge is 2.36. The lowest BCUT2D eigenvalue weighted by Crippen LogP contribution is -2.46. The van der Waals surface area contributed by atoms with Crippen LogP contribution in [0.15, 0.2) is 24.3 Å². The number of hydrogen-bond acceptors (Lipinski definition) is 3. The van der Waals surface area contributed by atoms with Gasteiger partial charge in [-0.3, -0.25) is 4.90 Å². The van der Waals surface area contributed by atoms with E-state index in [4.69, 9.17) is 4.43 Å². The molecule has 0 radical (unpaired) electrons. The summed E-state index contributed by atoms with van der Waals surface area (Å²) in [6, 6.07) is 6.50. The van der Waals surface area contributed by atoms with Crippen molar-refractivity contribution in [1.29, 1.82) is 0 Å². The third kappa shape index (κ3) is 8.64. The molecule has 0 saturated carbocycles. The second kappa shape index (κ2) is 10.0. The Morgan fingerprint density at radius 3 is 2.04 bits per heavy atom. The smallest absolute Gasteiger partial charge is 0.390 e. The highest BCUT2D eigenvalue weighted by Crippen LogP contribution is 2.34. The molecule has 25 heavy (non-hydrogen) atoms. The van der Waals surface area contributed by atoms with Crippen molar-refractivity contribution in [1.82, 2.24) is 10.2 Å². The van der Waals surface area contributed by atoms with E-state index in [0.29, 0.717) is 18.7 Å². The molecule has 3 nitrogen and oxygen atoms in total. The van der Waals surface area contributed by atoms with Crippen LogP contribution in [0.25, 0.3) is 0 Å². The van der Waals surface area contributed by atoms with Crippen molar-refractivity contribution in [2.45, 2.75) is 38.3 Å². The molecule has 0 aromatic heterocycles. The van der Waals surface area contributed by atoms with Gasteiger partial charge >= 0.3 is 6.18 Å². The van der Waals surface area contributed by atoms with Crippen molar-refractivity contribution in [3.05, 3.63) is 29.8 Å². The largest absolute Gasteiger partial charge is 0.544 e. The molecule has 1 fully saturated rings. The quantitative estimate of drug-likeness (QED) is 0.704. The Kier molecular flexibility index (Phi) is 9.83. The van der Waals surface area contributed by atoms with Crippen molar-refractivity contribution in [2.75, 3.05) is 26.2 Å². The van der Waals surface area contributed by atoms with Gasteiger partial charge in [0.1, 0.15) is 5.75 Å². The SMILES string of the molecule is C[Si](C)(C)Oc1ccc([C@@H](CC(F)(F)F)N2CCNCC2)cc1.Cl.Cl. The molecule has 1 atom stereocenters. The number of nitrogens with zero attached hydrogens (tertiary/aromatic N) is 1. The van der Waals surface area contributed by atoms with Crippen LogP contribution in [0.2, 0.25) is 19.6 Å². The predicted molar refractivity (Wildman–Crippen MR) is 103 cm³/mol. The van der Waals surface area contributed by atoms with Crippen LogP contribution in [-0.2, 0) is 0 Å². The van der Waals surface area contributed by atoms with E-state index in [1.807, 2.05) is 4.90 Å². The van der Waals surface area contributed by atoms with Crippen LogP contribution in [0, 0.1) is 0 Å². The molecule has 2 rings (SSSR count). The Morgan fingerprint density at radius 1 is 1.08 bits per heavy atom. The van der Waals surface area contributed by atoms with E-state index >= 15 is 0 Å². The molecule has 1 N–H and O–H groups in total. The first-order valence-electron chi connectivity index (χ1n) is 7.94. The Labute approximate surface area is 161 Å². The van der Waals surface area contributed by atoms with E-state index in [1.165, 1.54) is 0 Å². The van der Waals surface area contributed by atoms with Crippen molar-refractivity contribution < 1.29 is 17.6 Å². The van der Waals surface area contributed by atoms with Crippen LogP contribution in [0.1, 0.15) is 18.0 Å². The fraction of sp³-hybridized carbons (Fsp3) is 0.625. The van der Waals surface area contributed by atoms with Gasteiger partial charge in [-0.2, -0.15) is 13.2 Å². The lowest BCUT2D eigenvalue weighted by Gasteiger charge is -2.35. The summed E-state index contributed by atoms with van der Waals surface area (Å²) >= 11 is 0. The van der Waals surface area contributed by atoms with Gasteiger partial charge in [0.25, 0.3) is 0 Å². The molecule has 1 aliphatic rings. The summed E-state index contributed by atoms with van der Waals surface area (Å²) in [5.41, 5.74) is 0.701. The summed E-state index contributed by atoms with van der Waals surface area (Å²) in [6.45, 7) is 8.95. The molecule has 0 bridgehead atoms. The number of hydrogen-bond donors (Lipinski definition) is 1. The molecule has 1 aliphatic heterocycles. The average Bonchev–Trinajstić information content (AvgIpc) is 2.44. The van der Waals surface area contributed by atoms with Crippen LogP contribution >= 0.6 is 24.8 Å². The minimum atomic E-state index is -4.18. The summed E-state index contributed by atoms with van der Waals surface area (Å²) in [5.74, 6) is 0.735. The zero-order valence-corrected chi connectivity index (χ0v) is 17.4. The van der Waals surface area contributed by atoms with Crippen molar-refractivity contribution in [3.63, 3.8) is 0 Å². The Hall–Kier alpha value is -0.473. The highest BCUT2D eigenvalue weighted by molar-refractivity contribution is 6.70. The number of alkyl halides is 3. The molecule has 1 heterocycles. The van der Waals surface area contributed by atoms with Gasteiger partial charge in [-0.1, -0.05) is 12.1 Å². The number of rotatable bonds is 5. The third-order valence-electron chi connectivity index (χ3n) is 3.71. The molecule has 0 aliphatic carbocycles. The monoisotopic (exact) mass is 418 g/mol. The molecule has 0 amide bonds. The Bertz CT molecular complexity index is 504. The van der Waals surface area contributed by atoms with Crippen LogP contribution in [-0.4, -0.2) is 45.6 Å². The van der Waals surface area contributed by atoms with Gasteiger partial charge in [-0.15, -0.1) is 24.8 Å². The molecule has 9 heteroatoms. The minimum Gasteiger partial charge on any atom is -0.544 e. The Morgan fingerprint density at radius 2 is 1.60 bits per heavy atom. The average molecular weight is 419 g/mol. The van der Waals surface area contributed by atoms with Gasteiger partial charge < -0.3 is 9.74 Å². The van der Waals surface area contributed by atoms with Gasteiger partial charge in [-0.25, -0.2) is 0 Å². The van der Waals surface area contributed by atoms with E-state index in [2.05, 4.69) is 25.0 Å². The molecular weight excluding hydrogens is 392 g/mol. The molecule has 146 valence electrons. The van der Waals surface area contributed by atoms with Crippen LogP contribution in [0.5, 0.6) is 5.75 Å². The summed E-state index contributed by atoms with van der Waals surface area (Å²) in [7, 11) is -1.71. The van der Waals surface area contributed by atoms with Crippen LogP contribution in [0.3, 0.4) is 0 Å². The molecule has 1 saturated heterocycles. The summed E-state index contributed by atoms with van der Waals surface area (Å²) in [5, 5.41) is 3.18. The van der Waals surface area contributed by atoms with E-state index < -0.39 is 27.0 Å². The van der Waals surface area contributed by atoms with Crippen molar-refractivity contribution in [3.8, 4) is 5.75 Å². The molecule has 1 aromatic carbocycles. The zero-order valence-electron chi connectivity index (χ0n) is 14.7. The molecule has 0 spiro atoms. The van der Waals surface area contributed by atoms with Gasteiger partial charge in [-0.05, 0) is 37.3 Å². The number of nitrogens with one attached hydrogen (secondary N) is 1. The standard InChI is InChI=1S/C16H25F3N2OSi.2ClH/c1-23(2,3)22-14-6-4-13(5-7-14)15(12-16(17,18)19)21-10-8-20-9-11-21;;/h4-7,15,20H,8-12H2,1-3H3;2*1H/t15-;;/m1../s1. The zero-order chi connectivity index (χ0) is 17.1. The maximum atomic E-state index is 13.0. The molecular formula is C16H27Cl2F3N2OSi. The number of piperazine rings is 1. The Balaban J connectivity index is 0.00000288. The second-order valence-corrected chi connectivity index (χ2v) is 11.3. The fourth-order valence-electron chi connectivity index (χ4n) is 2.78. The van der Waals surface area contributed by atoms with E-state index in [1.54, 1.807) is 24.3 Å². The summed E-state index contributed by atoms with van der Waals surface area (Å²) in [6.07, 6.45) is -5.00. The van der Waals surface area contributed by atoms with Crippen molar-refractivity contribution in [2.24, 2.45) is 0 Å². The first-order valence-corrected chi connectivity index (χ1v) is 11.4. The van der Waals surface area contributed by atoms with E-state index in [9.17, 15) is 13.2 Å². The van der Waals surface area contributed by atoms with Crippen molar-refractivity contribution >= 4 is 33.1 Å². The third-order valence-corrected chi connectivity index (χ3v) is 4.55. The highest BCUT2D eigenvalue weighted by atomic mass is 35.5. The van der Waals surface area contributed by atoms with Gasteiger partial charge in [0, 0.05) is 32.2 Å². The number of halogens is 5. The van der Waals surface area contributed by atoms with Gasteiger partial charge in [0.2, 0.25) is 8.32 Å². The second-order valence-electron chi connectivity index (χ2n) is 6.90. The lowest BCUT2D eigenvalue weighted by atomic mass is 10.0. The van der Waals surface area contributed by atoms with E-state index in [-0.39, 0.29) is 24.8 Å². The summed E-state index contributed by atoms with van der Waals surface area (Å²) < 4.78 is 44.8. The maximum absolute atomic E-state index is 13.0. The first kappa shape index (κ1) is 24.5. The summed E-state index contributed by atoms with van der Waals surface area (Å²) in [4.78, 5) is 1.92. The van der Waals surface area contributed by atoms with Gasteiger partial charge in [0.15, 0.2) is 0 Å². The minimum absolute atomic E-state index is 0. The number of benzene rings is 1. The van der Waals surface area contributed by atoms with Gasteiger partial charge in [0.05, 0.1) is 6.42 Å². The van der Waals surface area contributed by atoms with E-state index in [0.717, 1.165) is 18.8 Å². The topological polar surface area (TPSA) is 24.5 Å². The maximum Gasteiger partial charge on any atom is 0.390 e. The normalized spacial score (nSPS) is 17.2. The van der Waals surface area contributed by atoms with Crippen LogP contribution < -0.4 is 9.74 Å². The van der Waals surface area contributed by atoms with Crippen LogP contribution in [0.4, 0.5) is 13.2 Å². The lowest BCUT2D eigenvalue weighted by molar-refractivity contribution is -0.148. The fourth-order valence-corrected chi connectivity index (χ4v) is 3.63.